The lowest BCUT2D eigenvalue weighted by Crippen LogP contribution is -2.46. The Balaban J connectivity index is 1.54. The van der Waals surface area contributed by atoms with Crippen LogP contribution in [0.2, 0.25) is 0 Å². The molecule has 2 aliphatic rings. The van der Waals surface area contributed by atoms with E-state index in [1.807, 2.05) is 0 Å². The van der Waals surface area contributed by atoms with Gasteiger partial charge in [-0.2, -0.15) is 0 Å². The quantitative estimate of drug-likeness (QED) is 0.856. The van der Waals surface area contributed by atoms with E-state index in [4.69, 9.17) is 0 Å². The average Bonchev–Trinajstić information content (AvgIpc) is 3.35. The standard InChI is InChI=1S/C17H21N5OS/c1-21-8-2-4-13(21)14-5-3-9-22(14)17(23)15-11-20-16(24-15)12-10-18-6-7-19-12/h6-7,10-11,13-14H,2-5,8-9H2,1H3/t13-,14+/m0/s1. The molecule has 0 saturated carbocycles. The summed E-state index contributed by atoms with van der Waals surface area (Å²) in [5.74, 6) is 0.116. The molecule has 7 heteroatoms. The zero-order valence-corrected chi connectivity index (χ0v) is 14.6. The maximum atomic E-state index is 13.0. The normalized spacial score (nSPS) is 24.6. The first kappa shape index (κ1) is 15.7. The maximum absolute atomic E-state index is 13.0. The summed E-state index contributed by atoms with van der Waals surface area (Å²) in [6, 6.07) is 0.843. The Labute approximate surface area is 145 Å². The van der Waals surface area contributed by atoms with Crippen LogP contribution in [0, 0.1) is 0 Å². The second-order valence-electron chi connectivity index (χ2n) is 6.52. The van der Waals surface area contributed by atoms with Gasteiger partial charge < -0.3 is 9.80 Å². The zero-order chi connectivity index (χ0) is 16.5. The molecule has 0 radical (unpaired) electrons. The fraction of sp³-hybridized carbons (Fsp3) is 0.529. The van der Waals surface area contributed by atoms with Gasteiger partial charge >= 0.3 is 0 Å². The van der Waals surface area contributed by atoms with Gasteiger partial charge in [-0.15, -0.1) is 11.3 Å². The van der Waals surface area contributed by atoms with Gasteiger partial charge in [0.1, 0.15) is 15.6 Å². The summed E-state index contributed by atoms with van der Waals surface area (Å²) in [7, 11) is 2.18. The first-order valence-corrected chi connectivity index (χ1v) is 9.29. The van der Waals surface area contributed by atoms with Crippen LogP contribution in [0.5, 0.6) is 0 Å². The molecule has 2 aliphatic heterocycles. The van der Waals surface area contributed by atoms with Gasteiger partial charge in [0, 0.05) is 31.0 Å². The van der Waals surface area contributed by atoms with E-state index in [2.05, 4.69) is 31.8 Å². The van der Waals surface area contributed by atoms with Crippen molar-refractivity contribution in [3.05, 3.63) is 29.7 Å². The highest BCUT2D eigenvalue weighted by atomic mass is 32.1. The highest BCUT2D eigenvalue weighted by molar-refractivity contribution is 7.16. The minimum atomic E-state index is 0.116. The van der Waals surface area contributed by atoms with Gasteiger partial charge in [0.15, 0.2) is 0 Å². The summed E-state index contributed by atoms with van der Waals surface area (Å²) in [5.41, 5.74) is 0.718. The second kappa shape index (κ2) is 6.57. The summed E-state index contributed by atoms with van der Waals surface area (Å²) < 4.78 is 0. The molecule has 0 unspecified atom stereocenters. The Morgan fingerprint density at radius 3 is 2.71 bits per heavy atom. The van der Waals surface area contributed by atoms with Crippen LogP contribution >= 0.6 is 11.3 Å². The molecular weight excluding hydrogens is 322 g/mol. The summed E-state index contributed by atoms with van der Waals surface area (Å²) >= 11 is 1.41. The van der Waals surface area contributed by atoms with Crippen LogP contribution in [0.3, 0.4) is 0 Å². The van der Waals surface area contributed by atoms with Crippen LogP contribution in [-0.2, 0) is 0 Å². The summed E-state index contributed by atoms with van der Waals surface area (Å²) in [5, 5.41) is 0.750. The molecule has 2 aromatic heterocycles. The van der Waals surface area contributed by atoms with Gasteiger partial charge in [0.2, 0.25) is 0 Å². The molecule has 2 atom stereocenters. The molecule has 0 bridgehead atoms. The van der Waals surface area contributed by atoms with Crippen molar-refractivity contribution in [2.45, 2.75) is 37.8 Å². The lowest BCUT2D eigenvalue weighted by atomic mass is 10.0. The molecule has 4 heterocycles. The molecule has 0 aliphatic carbocycles. The molecule has 0 N–H and O–H groups in total. The molecule has 24 heavy (non-hydrogen) atoms. The zero-order valence-electron chi connectivity index (χ0n) is 13.8. The maximum Gasteiger partial charge on any atom is 0.265 e. The predicted molar refractivity (Wildman–Crippen MR) is 92.9 cm³/mol. The molecule has 6 nitrogen and oxygen atoms in total. The number of amides is 1. The fourth-order valence-electron chi connectivity index (χ4n) is 3.91. The Kier molecular flexibility index (Phi) is 4.28. The Morgan fingerprint density at radius 1 is 1.12 bits per heavy atom. The van der Waals surface area contributed by atoms with E-state index >= 15 is 0 Å². The summed E-state index contributed by atoms with van der Waals surface area (Å²) in [6.45, 7) is 1.99. The van der Waals surface area contributed by atoms with Crippen LogP contribution in [-0.4, -0.2) is 62.9 Å². The highest BCUT2D eigenvalue weighted by Crippen LogP contribution is 2.32. The number of likely N-dealkylation sites (N-methyl/N-ethyl adjacent to an activating group) is 1. The number of aromatic nitrogens is 3. The van der Waals surface area contributed by atoms with E-state index in [9.17, 15) is 4.79 Å². The third-order valence-corrected chi connectivity index (χ3v) is 6.09. The van der Waals surface area contributed by atoms with Crippen LogP contribution in [0.15, 0.2) is 24.8 Å². The van der Waals surface area contributed by atoms with Crippen molar-refractivity contribution in [2.24, 2.45) is 0 Å². The first-order valence-electron chi connectivity index (χ1n) is 8.47. The predicted octanol–water partition coefficient (Wildman–Crippen LogP) is 2.30. The smallest absolute Gasteiger partial charge is 0.265 e. The van der Waals surface area contributed by atoms with Crippen molar-refractivity contribution in [3.63, 3.8) is 0 Å². The molecule has 0 spiro atoms. The largest absolute Gasteiger partial charge is 0.333 e. The van der Waals surface area contributed by atoms with Crippen molar-refractivity contribution >= 4 is 17.2 Å². The number of likely N-dealkylation sites (tertiary alicyclic amines) is 2. The lowest BCUT2D eigenvalue weighted by molar-refractivity contribution is 0.0669. The first-order chi connectivity index (χ1) is 11.7. The van der Waals surface area contributed by atoms with E-state index in [0.717, 1.165) is 36.6 Å². The van der Waals surface area contributed by atoms with Gasteiger partial charge in [-0.1, -0.05) is 0 Å². The summed E-state index contributed by atoms with van der Waals surface area (Å²) in [4.78, 5) is 30.9. The van der Waals surface area contributed by atoms with Gasteiger partial charge in [-0.25, -0.2) is 4.98 Å². The van der Waals surface area contributed by atoms with E-state index in [0.29, 0.717) is 17.0 Å². The summed E-state index contributed by atoms with van der Waals surface area (Å²) in [6.07, 6.45) is 11.3. The third kappa shape index (κ3) is 2.82. The number of carbonyl (C=O) groups is 1. The SMILES string of the molecule is CN1CCC[C@H]1[C@H]1CCCN1C(=O)c1cnc(-c2cnccn2)s1. The topological polar surface area (TPSA) is 62.2 Å². The molecule has 0 aromatic carbocycles. The number of hydrogen-bond acceptors (Lipinski definition) is 6. The molecular formula is C17H21N5OS. The van der Waals surface area contributed by atoms with Crippen LogP contribution in [0.1, 0.15) is 35.4 Å². The molecule has 1 amide bonds. The van der Waals surface area contributed by atoms with Crippen molar-refractivity contribution in [1.29, 1.82) is 0 Å². The minimum absolute atomic E-state index is 0.116. The fourth-order valence-corrected chi connectivity index (χ4v) is 4.74. The molecule has 126 valence electrons. The van der Waals surface area contributed by atoms with Crippen molar-refractivity contribution in [3.8, 4) is 10.7 Å². The van der Waals surface area contributed by atoms with Gasteiger partial charge in [-0.3, -0.25) is 14.8 Å². The van der Waals surface area contributed by atoms with Crippen molar-refractivity contribution in [1.82, 2.24) is 24.8 Å². The highest BCUT2D eigenvalue weighted by Gasteiger charge is 2.39. The third-order valence-electron chi connectivity index (χ3n) is 5.08. The van der Waals surface area contributed by atoms with E-state index < -0.39 is 0 Å². The number of carbonyl (C=O) groups excluding carboxylic acids is 1. The number of rotatable bonds is 3. The Hall–Kier alpha value is -1.86. The molecule has 2 fully saturated rings. The van der Waals surface area contributed by atoms with Gasteiger partial charge in [0.25, 0.3) is 5.91 Å². The van der Waals surface area contributed by atoms with E-state index in [1.54, 1.807) is 24.8 Å². The van der Waals surface area contributed by atoms with Crippen LogP contribution < -0.4 is 0 Å². The average molecular weight is 343 g/mol. The number of thiazole rings is 1. The minimum Gasteiger partial charge on any atom is -0.333 e. The monoisotopic (exact) mass is 343 g/mol. The molecule has 4 rings (SSSR count). The van der Waals surface area contributed by atoms with Gasteiger partial charge in [-0.05, 0) is 39.3 Å². The van der Waals surface area contributed by atoms with Crippen LogP contribution in [0.25, 0.3) is 10.7 Å². The molecule has 2 aromatic rings. The van der Waals surface area contributed by atoms with Gasteiger partial charge in [0.05, 0.1) is 12.4 Å². The Morgan fingerprint density at radius 2 is 1.96 bits per heavy atom. The molecule has 2 saturated heterocycles. The van der Waals surface area contributed by atoms with Crippen molar-refractivity contribution in [2.75, 3.05) is 20.1 Å². The van der Waals surface area contributed by atoms with Crippen LogP contribution in [0.4, 0.5) is 0 Å². The Bertz CT molecular complexity index is 719. The van der Waals surface area contributed by atoms with E-state index in [-0.39, 0.29) is 5.91 Å². The lowest BCUT2D eigenvalue weighted by Gasteiger charge is -2.33. The van der Waals surface area contributed by atoms with Crippen molar-refractivity contribution < 1.29 is 4.79 Å². The second-order valence-corrected chi connectivity index (χ2v) is 7.55. The number of nitrogens with zero attached hydrogens (tertiary/aromatic N) is 5. The number of hydrogen-bond donors (Lipinski definition) is 0. The van der Waals surface area contributed by atoms with E-state index in [1.165, 1.54) is 24.2 Å².